The maximum absolute atomic E-state index is 13.0. The van der Waals surface area contributed by atoms with Crippen LogP contribution in [0.3, 0.4) is 0 Å². The maximum atomic E-state index is 13.0. The highest BCUT2D eigenvalue weighted by Crippen LogP contribution is 2.36. The number of amides is 2. The lowest BCUT2D eigenvalue weighted by atomic mass is 9.82. The van der Waals surface area contributed by atoms with Crippen molar-refractivity contribution in [2.24, 2.45) is 0 Å². The first kappa shape index (κ1) is 21.7. The summed E-state index contributed by atoms with van der Waals surface area (Å²) in [4.78, 5) is 21.6. The minimum atomic E-state index is -0.456. The molecule has 162 valence electrons. The van der Waals surface area contributed by atoms with Crippen molar-refractivity contribution in [3.05, 3.63) is 131 Å². The monoisotopic (exact) mass is 433 g/mol. The lowest BCUT2D eigenvalue weighted by Gasteiger charge is -2.29. The minimum absolute atomic E-state index is 0.260. The normalized spacial score (nSPS) is 11.4. The second-order valence-electron chi connectivity index (χ2n) is 7.58. The summed E-state index contributed by atoms with van der Waals surface area (Å²) in [5.41, 5.74) is 4.22. The second kappa shape index (κ2) is 10.7. The zero-order valence-electron chi connectivity index (χ0n) is 17.9. The molecule has 4 rings (SSSR count). The molecular formula is C27H23N5O. The molecule has 2 aromatic carbocycles. The summed E-state index contributed by atoms with van der Waals surface area (Å²) in [5.74, 6) is -0.260. The number of rotatable bonds is 7. The molecule has 2 amide bonds. The fraction of sp³-hybridized carbons (Fsp3) is 0.111. The van der Waals surface area contributed by atoms with E-state index in [1.807, 2.05) is 72.8 Å². The van der Waals surface area contributed by atoms with Crippen molar-refractivity contribution in [2.45, 2.75) is 18.5 Å². The van der Waals surface area contributed by atoms with Crippen LogP contribution in [0, 0.1) is 11.3 Å². The highest BCUT2D eigenvalue weighted by atomic mass is 16.2. The number of carbonyl (C=O) groups is 1. The lowest BCUT2D eigenvalue weighted by molar-refractivity contribution is 0.235. The van der Waals surface area contributed by atoms with Crippen molar-refractivity contribution >= 4 is 6.03 Å². The molecule has 1 atom stereocenters. The summed E-state index contributed by atoms with van der Waals surface area (Å²) in [6, 6.07) is 26.2. The second-order valence-corrected chi connectivity index (χ2v) is 7.58. The van der Waals surface area contributed by atoms with Crippen LogP contribution >= 0.6 is 0 Å². The molecule has 0 aliphatic carbocycles. The molecule has 0 saturated carbocycles. The summed E-state index contributed by atoms with van der Waals surface area (Å²) >= 11 is 0. The lowest BCUT2D eigenvalue weighted by Crippen LogP contribution is -2.40. The van der Waals surface area contributed by atoms with E-state index in [1.54, 1.807) is 30.9 Å². The van der Waals surface area contributed by atoms with Crippen LogP contribution in [-0.2, 0) is 6.54 Å². The first-order valence-electron chi connectivity index (χ1n) is 10.6. The van der Waals surface area contributed by atoms with E-state index in [1.165, 1.54) is 0 Å². The SMILES string of the molecule is N#Cc1cccc(C(NC(=O)NCc2ccccc2)C(c2cccnc2)c2cccnc2)c1. The molecule has 2 heterocycles. The molecule has 0 fully saturated rings. The van der Waals surface area contributed by atoms with Crippen molar-refractivity contribution < 1.29 is 4.79 Å². The maximum Gasteiger partial charge on any atom is 0.315 e. The van der Waals surface area contributed by atoms with Crippen LogP contribution < -0.4 is 10.6 Å². The highest BCUT2D eigenvalue weighted by Gasteiger charge is 2.29. The van der Waals surface area contributed by atoms with Gasteiger partial charge in [-0.05, 0) is 46.5 Å². The molecule has 0 bridgehead atoms. The number of nitrogens with one attached hydrogen (secondary N) is 2. The Labute approximate surface area is 193 Å². The van der Waals surface area contributed by atoms with Crippen molar-refractivity contribution in [3.8, 4) is 6.07 Å². The van der Waals surface area contributed by atoms with Gasteiger partial charge in [-0.15, -0.1) is 0 Å². The topological polar surface area (TPSA) is 90.7 Å². The predicted octanol–water partition coefficient (Wildman–Crippen LogP) is 4.72. The number of hydrogen-bond donors (Lipinski definition) is 2. The van der Waals surface area contributed by atoms with Gasteiger partial charge in [0, 0.05) is 37.3 Å². The molecule has 2 aromatic heterocycles. The quantitative estimate of drug-likeness (QED) is 0.441. The molecule has 0 aliphatic rings. The molecule has 1 unspecified atom stereocenters. The van der Waals surface area contributed by atoms with Crippen LogP contribution in [0.2, 0.25) is 0 Å². The Hall–Kier alpha value is -4.50. The zero-order chi connectivity index (χ0) is 22.9. The van der Waals surface area contributed by atoms with Gasteiger partial charge in [0.15, 0.2) is 0 Å². The molecule has 0 saturated heterocycles. The molecule has 6 heteroatoms. The Bertz CT molecular complexity index is 1180. The Morgan fingerprint density at radius 1 is 0.848 bits per heavy atom. The van der Waals surface area contributed by atoms with Gasteiger partial charge in [0.2, 0.25) is 0 Å². The average Bonchev–Trinajstić information content (AvgIpc) is 2.89. The van der Waals surface area contributed by atoms with E-state index in [2.05, 4.69) is 26.7 Å². The summed E-state index contributed by atoms with van der Waals surface area (Å²) in [6.07, 6.45) is 7.02. The van der Waals surface area contributed by atoms with Gasteiger partial charge < -0.3 is 10.6 Å². The number of nitrogens with zero attached hydrogens (tertiary/aromatic N) is 3. The first-order valence-corrected chi connectivity index (χ1v) is 10.6. The van der Waals surface area contributed by atoms with Gasteiger partial charge in [-0.1, -0.05) is 54.6 Å². The number of nitriles is 1. The van der Waals surface area contributed by atoms with Crippen LogP contribution in [0.5, 0.6) is 0 Å². The number of hydrogen-bond acceptors (Lipinski definition) is 4. The highest BCUT2D eigenvalue weighted by molar-refractivity contribution is 5.74. The fourth-order valence-corrected chi connectivity index (χ4v) is 3.83. The van der Waals surface area contributed by atoms with E-state index < -0.39 is 6.04 Å². The number of aromatic nitrogens is 2. The molecule has 0 radical (unpaired) electrons. The average molecular weight is 434 g/mol. The van der Waals surface area contributed by atoms with Crippen LogP contribution in [-0.4, -0.2) is 16.0 Å². The van der Waals surface area contributed by atoms with Crippen LogP contribution in [0.15, 0.2) is 104 Å². The Morgan fingerprint density at radius 3 is 2.12 bits per heavy atom. The third-order valence-corrected chi connectivity index (χ3v) is 5.38. The third kappa shape index (κ3) is 5.60. The van der Waals surface area contributed by atoms with Crippen molar-refractivity contribution in [2.75, 3.05) is 0 Å². The first-order chi connectivity index (χ1) is 16.2. The number of benzene rings is 2. The van der Waals surface area contributed by atoms with E-state index in [0.29, 0.717) is 12.1 Å². The number of pyridine rings is 2. The van der Waals surface area contributed by atoms with Gasteiger partial charge in [-0.2, -0.15) is 5.26 Å². The molecule has 6 nitrogen and oxygen atoms in total. The van der Waals surface area contributed by atoms with Crippen LogP contribution in [0.1, 0.15) is 39.8 Å². The predicted molar refractivity (Wildman–Crippen MR) is 126 cm³/mol. The largest absolute Gasteiger partial charge is 0.334 e. The number of urea groups is 1. The van der Waals surface area contributed by atoms with Gasteiger partial charge in [0.25, 0.3) is 0 Å². The number of carbonyl (C=O) groups excluding carboxylic acids is 1. The smallest absolute Gasteiger partial charge is 0.315 e. The van der Waals surface area contributed by atoms with E-state index in [9.17, 15) is 10.1 Å². The summed E-state index contributed by atoms with van der Waals surface area (Å²) in [7, 11) is 0. The Kier molecular flexibility index (Phi) is 7.04. The molecule has 4 aromatic rings. The summed E-state index contributed by atoms with van der Waals surface area (Å²) in [6.45, 7) is 0.405. The van der Waals surface area contributed by atoms with Gasteiger partial charge in [0.05, 0.1) is 17.7 Å². The standard InChI is InChI=1S/C27H23N5O/c28-16-21-9-4-10-22(15-21)26(32-27(33)31-17-20-7-2-1-3-8-20)25(23-11-5-13-29-18-23)24-12-6-14-30-19-24/h1-15,18-19,25-26H,17H2,(H2,31,32,33). The van der Waals surface area contributed by atoms with Gasteiger partial charge in [-0.25, -0.2) is 4.79 Å². The third-order valence-electron chi connectivity index (χ3n) is 5.38. The van der Waals surface area contributed by atoms with E-state index in [4.69, 9.17) is 0 Å². The van der Waals surface area contributed by atoms with Gasteiger partial charge in [0.1, 0.15) is 0 Å². The van der Waals surface area contributed by atoms with Crippen molar-refractivity contribution in [3.63, 3.8) is 0 Å². The van der Waals surface area contributed by atoms with Crippen LogP contribution in [0.4, 0.5) is 4.79 Å². The van der Waals surface area contributed by atoms with Crippen LogP contribution in [0.25, 0.3) is 0 Å². The van der Waals surface area contributed by atoms with E-state index in [0.717, 1.165) is 22.3 Å². The Morgan fingerprint density at radius 2 is 1.52 bits per heavy atom. The van der Waals surface area contributed by atoms with E-state index >= 15 is 0 Å². The van der Waals surface area contributed by atoms with Crippen molar-refractivity contribution in [1.29, 1.82) is 5.26 Å². The van der Waals surface area contributed by atoms with Gasteiger partial charge >= 0.3 is 6.03 Å². The molecular weight excluding hydrogens is 410 g/mol. The minimum Gasteiger partial charge on any atom is -0.334 e. The molecule has 2 N–H and O–H groups in total. The molecule has 33 heavy (non-hydrogen) atoms. The Balaban J connectivity index is 1.70. The van der Waals surface area contributed by atoms with Crippen molar-refractivity contribution in [1.82, 2.24) is 20.6 Å². The fourth-order valence-electron chi connectivity index (χ4n) is 3.83. The molecule has 0 aliphatic heterocycles. The summed E-state index contributed by atoms with van der Waals surface area (Å²) in [5, 5.41) is 15.5. The van der Waals surface area contributed by atoms with Gasteiger partial charge in [-0.3, -0.25) is 9.97 Å². The molecule has 0 spiro atoms. The van der Waals surface area contributed by atoms with E-state index in [-0.39, 0.29) is 11.9 Å². The summed E-state index contributed by atoms with van der Waals surface area (Å²) < 4.78 is 0. The zero-order valence-corrected chi connectivity index (χ0v) is 17.9.